The predicted octanol–water partition coefficient (Wildman–Crippen LogP) is 3.37. The van der Waals surface area contributed by atoms with Gasteiger partial charge in [-0.05, 0) is 25.5 Å². The lowest BCUT2D eigenvalue weighted by Gasteiger charge is -2.09. The van der Waals surface area contributed by atoms with Crippen molar-refractivity contribution < 1.29 is 4.39 Å². The molecule has 3 N–H and O–H groups in total. The Morgan fingerprint density at radius 2 is 2.21 bits per heavy atom. The molecule has 0 spiro atoms. The van der Waals surface area contributed by atoms with Crippen LogP contribution in [0.15, 0.2) is 24.3 Å². The highest BCUT2D eigenvalue weighted by atomic mass is 19.1. The van der Waals surface area contributed by atoms with Gasteiger partial charge in [0.2, 0.25) is 0 Å². The Kier molecular flexibility index (Phi) is 4.32. The van der Waals surface area contributed by atoms with E-state index in [-0.39, 0.29) is 11.7 Å². The molecule has 0 aliphatic carbocycles. The van der Waals surface area contributed by atoms with E-state index in [4.69, 9.17) is 5.73 Å². The van der Waals surface area contributed by atoms with Gasteiger partial charge in [0.1, 0.15) is 11.6 Å². The summed E-state index contributed by atoms with van der Waals surface area (Å²) in [5.74, 6) is 0.900. The van der Waals surface area contributed by atoms with Crippen LogP contribution in [0.4, 0.5) is 4.39 Å². The first kappa shape index (κ1) is 13.7. The number of H-pyrrole nitrogens is 1. The zero-order valence-electron chi connectivity index (χ0n) is 11.4. The average molecular weight is 261 g/mol. The summed E-state index contributed by atoms with van der Waals surface area (Å²) in [6.45, 7) is 4.66. The average Bonchev–Trinajstić information content (AvgIpc) is 2.78. The topological polar surface area (TPSA) is 54.7 Å². The minimum Gasteiger partial charge on any atom is -0.345 e. The van der Waals surface area contributed by atoms with Gasteiger partial charge < -0.3 is 10.7 Å². The number of hydrogen-bond donors (Lipinski definition) is 2. The summed E-state index contributed by atoms with van der Waals surface area (Å²) in [7, 11) is 0. The van der Waals surface area contributed by atoms with Crippen molar-refractivity contribution in [2.75, 3.05) is 6.54 Å². The zero-order valence-corrected chi connectivity index (χ0v) is 11.4. The molecule has 3 nitrogen and oxygen atoms in total. The highest BCUT2D eigenvalue weighted by molar-refractivity contribution is 5.61. The first-order valence-electron chi connectivity index (χ1n) is 6.68. The van der Waals surface area contributed by atoms with Crippen LogP contribution < -0.4 is 5.73 Å². The molecule has 2 aromatic rings. The van der Waals surface area contributed by atoms with E-state index < -0.39 is 0 Å². The number of nitrogens with two attached hydrogens (primary N) is 1. The number of benzene rings is 1. The lowest BCUT2D eigenvalue weighted by Crippen LogP contribution is -2.13. The van der Waals surface area contributed by atoms with Crippen LogP contribution in [0.5, 0.6) is 0 Å². The summed E-state index contributed by atoms with van der Waals surface area (Å²) < 4.78 is 13.3. The van der Waals surface area contributed by atoms with Gasteiger partial charge in [-0.2, -0.15) is 0 Å². The quantitative estimate of drug-likeness (QED) is 0.867. The molecule has 0 aliphatic rings. The maximum Gasteiger partial charge on any atom is 0.123 e. The number of hydrogen-bond acceptors (Lipinski definition) is 2. The van der Waals surface area contributed by atoms with Crippen molar-refractivity contribution in [3.8, 4) is 11.3 Å². The molecule has 0 saturated heterocycles. The largest absolute Gasteiger partial charge is 0.345 e. The molecule has 4 heteroatoms. The lowest BCUT2D eigenvalue weighted by molar-refractivity contribution is 0.594. The summed E-state index contributed by atoms with van der Waals surface area (Å²) in [5, 5.41) is 0. The van der Waals surface area contributed by atoms with Crippen molar-refractivity contribution in [1.29, 1.82) is 0 Å². The molecule has 0 saturated carbocycles. The molecule has 1 unspecified atom stereocenters. The Balaban J connectivity index is 2.35. The van der Waals surface area contributed by atoms with Crippen molar-refractivity contribution in [3.63, 3.8) is 0 Å². The third-order valence-corrected chi connectivity index (χ3v) is 3.31. The smallest absolute Gasteiger partial charge is 0.123 e. The minimum absolute atomic E-state index is 0.242. The second-order valence-corrected chi connectivity index (χ2v) is 4.83. The lowest BCUT2D eigenvalue weighted by atomic mass is 10.0. The van der Waals surface area contributed by atoms with Crippen molar-refractivity contribution in [2.24, 2.45) is 5.73 Å². The van der Waals surface area contributed by atoms with Crippen LogP contribution >= 0.6 is 0 Å². The summed E-state index contributed by atoms with van der Waals surface area (Å²) in [4.78, 5) is 7.89. The van der Waals surface area contributed by atoms with Gasteiger partial charge in [-0.25, -0.2) is 9.37 Å². The third-order valence-electron chi connectivity index (χ3n) is 3.31. The standard InChI is InChI=1S/C15H20FN3/c1-3-5-12(9-17)15-18-10(2)14(19-15)11-6-4-7-13(16)8-11/h4,6-8,12H,3,5,9,17H2,1-2H3,(H,18,19). The second kappa shape index (κ2) is 5.97. The number of aromatic nitrogens is 2. The first-order chi connectivity index (χ1) is 9.15. The van der Waals surface area contributed by atoms with Crippen LogP contribution in [0.2, 0.25) is 0 Å². The second-order valence-electron chi connectivity index (χ2n) is 4.83. The third kappa shape index (κ3) is 3.01. The summed E-state index contributed by atoms with van der Waals surface area (Å²) in [5.41, 5.74) is 8.35. The van der Waals surface area contributed by atoms with E-state index in [9.17, 15) is 4.39 Å². The molecule has 0 aliphatic heterocycles. The van der Waals surface area contributed by atoms with E-state index >= 15 is 0 Å². The van der Waals surface area contributed by atoms with Gasteiger partial charge >= 0.3 is 0 Å². The van der Waals surface area contributed by atoms with Gasteiger partial charge in [0.05, 0.1) is 5.69 Å². The maximum absolute atomic E-state index is 13.3. The highest BCUT2D eigenvalue weighted by Crippen LogP contribution is 2.25. The van der Waals surface area contributed by atoms with E-state index in [0.717, 1.165) is 35.6 Å². The van der Waals surface area contributed by atoms with Gasteiger partial charge in [-0.1, -0.05) is 25.5 Å². The minimum atomic E-state index is -0.245. The van der Waals surface area contributed by atoms with Gasteiger partial charge in [0.15, 0.2) is 0 Å². The van der Waals surface area contributed by atoms with Gasteiger partial charge in [0.25, 0.3) is 0 Å². The molecule has 1 atom stereocenters. The van der Waals surface area contributed by atoms with Crippen LogP contribution in [-0.4, -0.2) is 16.5 Å². The van der Waals surface area contributed by atoms with Crippen LogP contribution in [0, 0.1) is 12.7 Å². The molecular weight excluding hydrogens is 241 g/mol. The van der Waals surface area contributed by atoms with Crippen molar-refractivity contribution >= 4 is 0 Å². The Hall–Kier alpha value is -1.68. The van der Waals surface area contributed by atoms with E-state index in [1.807, 2.05) is 13.0 Å². The number of imidazole rings is 1. The molecule has 0 radical (unpaired) electrons. The number of aromatic amines is 1. The molecule has 1 heterocycles. The molecule has 19 heavy (non-hydrogen) atoms. The summed E-state index contributed by atoms with van der Waals surface area (Å²) in [6, 6.07) is 6.51. The predicted molar refractivity (Wildman–Crippen MR) is 75.4 cm³/mol. The number of halogens is 1. The molecule has 0 fully saturated rings. The Morgan fingerprint density at radius 3 is 2.84 bits per heavy atom. The van der Waals surface area contributed by atoms with Crippen molar-refractivity contribution in [1.82, 2.24) is 9.97 Å². The van der Waals surface area contributed by atoms with Crippen LogP contribution in [0.3, 0.4) is 0 Å². The van der Waals surface area contributed by atoms with Gasteiger partial charge in [0, 0.05) is 23.7 Å². The van der Waals surface area contributed by atoms with E-state index in [1.165, 1.54) is 12.1 Å². The summed E-state index contributed by atoms with van der Waals surface area (Å²) >= 11 is 0. The normalized spacial score (nSPS) is 12.6. The summed E-state index contributed by atoms with van der Waals surface area (Å²) in [6.07, 6.45) is 2.07. The first-order valence-corrected chi connectivity index (χ1v) is 6.68. The van der Waals surface area contributed by atoms with Gasteiger partial charge in [-0.15, -0.1) is 0 Å². The fraction of sp³-hybridized carbons (Fsp3) is 0.400. The van der Waals surface area contributed by atoms with Crippen molar-refractivity contribution in [3.05, 3.63) is 41.6 Å². The molecule has 1 aromatic heterocycles. The Labute approximate surface area is 113 Å². The highest BCUT2D eigenvalue weighted by Gasteiger charge is 2.16. The van der Waals surface area contributed by atoms with E-state index in [1.54, 1.807) is 6.07 Å². The number of nitrogens with zero attached hydrogens (tertiary/aromatic N) is 1. The van der Waals surface area contributed by atoms with Gasteiger partial charge in [-0.3, -0.25) is 0 Å². The fourth-order valence-corrected chi connectivity index (χ4v) is 2.31. The zero-order chi connectivity index (χ0) is 13.8. The van der Waals surface area contributed by atoms with E-state index in [2.05, 4.69) is 16.9 Å². The monoisotopic (exact) mass is 261 g/mol. The van der Waals surface area contributed by atoms with Crippen LogP contribution in [-0.2, 0) is 0 Å². The van der Waals surface area contributed by atoms with Crippen molar-refractivity contribution in [2.45, 2.75) is 32.6 Å². The maximum atomic E-state index is 13.3. The molecule has 102 valence electrons. The SMILES string of the molecule is CCCC(CN)c1nc(-c2cccc(F)c2)c(C)[nH]1. The molecule has 0 amide bonds. The number of aryl methyl sites for hydroxylation is 1. The molecule has 2 rings (SSSR count). The number of nitrogens with one attached hydrogen (secondary N) is 1. The molecule has 1 aromatic carbocycles. The Bertz CT molecular complexity index is 548. The number of rotatable bonds is 5. The van der Waals surface area contributed by atoms with E-state index in [0.29, 0.717) is 6.54 Å². The van der Waals surface area contributed by atoms with Crippen LogP contribution in [0.1, 0.15) is 37.2 Å². The molecule has 0 bridgehead atoms. The van der Waals surface area contributed by atoms with Crippen LogP contribution in [0.25, 0.3) is 11.3 Å². The fourth-order valence-electron chi connectivity index (χ4n) is 2.31. The Morgan fingerprint density at radius 1 is 1.42 bits per heavy atom. The molecular formula is C15H20FN3.